The van der Waals surface area contributed by atoms with Crippen molar-refractivity contribution in [2.24, 2.45) is 0 Å². The lowest BCUT2D eigenvalue weighted by molar-refractivity contribution is -0.143. The number of nitrogens with one attached hydrogen (secondary N) is 1. The maximum atomic E-state index is 11.7. The molecular formula is C25H27N3O5. The topological polar surface area (TPSA) is 99.5 Å². The summed E-state index contributed by atoms with van der Waals surface area (Å²) in [5.41, 5.74) is 3.50. The van der Waals surface area contributed by atoms with Gasteiger partial charge in [-0.3, -0.25) is 4.79 Å². The first kappa shape index (κ1) is 22.4. The molecule has 0 saturated heterocycles. The van der Waals surface area contributed by atoms with Crippen molar-refractivity contribution in [3.63, 3.8) is 0 Å². The van der Waals surface area contributed by atoms with E-state index >= 15 is 0 Å². The number of aryl methyl sites for hydroxylation is 1. The van der Waals surface area contributed by atoms with Crippen molar-refractivity contribution < 1.29 is 23.5 Å². The van der Waals surface area contributed by atoms with Gasteiger partial charge in [0.2, 0.25) is 5.82 Å². The van der Waals surface area contributed by atoms with Gasteiger partial charge in [0.1, 0.15) is 0 Å². The number of benzene rings is 2. The molecule has 33 heavy (non-hydrogen) atoms. The number of esters is 1. The highest BCUT2D eigenvalue weighted by molar-refractivity contribution is 5.94. The Kier molecular flexibility index (Phi) is 6.92. The molecule has 4 rings (SSSR count). The number of nitrogens with zero attached hydrogens (tertiary/aromatic N) is 2. The largest absolute Gasteiger partial charge is 0.490 e. The third-order valence-corrected chi connectivity index (χ3v) is 5.16. The van der Waals surface area contributed by atoms with Gasteiger partial charge in [0.05, 0.1) is 25.3 Å². The number of H-pyrrole nitrogens is 1. The van der Waals surface area contributed by atoms with Gasteiger partial charge in [-0.05, 0) is 57.0 Å². The molecule has 0 spiro atoms. The average molecular weight is 450 g/mol. The van der Waals surface area contributed by atoms with Crippen LogP contribution in [0.25, 0.3) is 33.7 Å². The summed E-state index contributed by atoms with van der Waals surface area (Å²) < 4.78 is 21.9. The zero-order valence-electron chi connectivity index (χ0n) is 19.0. The fourth-order valence-electron chi connectivity index (χ4n) is 3.71. The van der Waals surface area contributed by atoms with Crippen LogP contribution in [0.2, 0.25) is 0 Å². The van der Waals surface area contributed by atoms with E-state index in [-0.39, 0.29) is 5.97 Å². The Morgan fingerprint density at radius 2 is 1.85 bits per heavy atom. The molecule has 0 aliphatic rings. The van der Waals surface area contributed by atoms with E-state index in [1.165, 1.54) is 0 Å². The monoisotopic (exact) mass is 449 g/mol. The Morgan fingerprint density at radius 3 is 2.64 bits per heavy atom. The van der Waals surface area contributed by atoms with Crippen molar-refractivity contribution in [2.75, 3.05) is 19.8 Å². The average Bonchev–Trinajstić information content (AvgIpc) is 3.47. The summed E-state index contributed by atoms with van der Waals surface area (Å²) in [5, 5.41) is 5.22. The van der Waals surface area contributed by atoms with Crippen LogP contribution in [-0.2, 0) is 16.0 Å². The van der Waals surface area contributed by atoms with Gasteiger partial charge in [-0.1, -0.05) is 17.3 Å². The Balaban J connectivity index is 1.62. The smallest absolute Gasteiger partial charge is 0.306 e. The van der Waals surface area contributed by atoms with E-state index in [1.807, 2.05) is 56.4 Å². The van der Waals surface area contributed by atoms with E-state index in [0.717, 1.165) is 27.6 Å². The summed E-state index contributed by atoms with van der Waals surface area (Å²) in [5.74, 6) is 1.97. The summed E-state index contributed by atoms with van der Waals surface area (Å²) >= 11 is 0. The Morgan fingerprint density at radius 1 is 1.03 bits per heavy atom. The second kappa shape index (κ2) is 10.2. The minimum absolute atomic E-state index is 0.201. The second-order valence-electron chi connectivity index (χ2n) is 7.30. The highest BCUT2D eigenvalue weighted by Gasteiger charge is 2.17. The van der Waals surface area contributed by atoms with E-state index in [2.05, 4.69) is 15.1 Å². The number of rotatable bonds is 10. The number of aromatic amines is 1. The first-order valence-corrected chi connectivity index (χ1v) is 11.1. The third-order valence-electron chi connectivity index (χ3n) is 5.16. The molecule has 172 valence electrons. The molecule has 0 saturated carbocycles. The molecule has 0 amide bonds. The SMILES string of the molecule is CCOC(=O)CCc1c[nH]c2c(-c3noc(-c4ccc(OCC)c(OCC)c4)n3)cccc12. The summed E-state index contributed by atoms with van der Waals surface area (Å²) in [6, 6.07) is 11.4. The van der Waals surface area contributed by atoms with E-state index in [9.17, 15) is 4.79 Å². The number of ether oxygens (including phenoxy) is 3. The number of aromatic nitrogens is 3. The van der Waals surface area contributed by atoms with E-state index in [4.69, 9.17) is 18.7 Å². The Bertz CT molecular complexity index is 1240. The fourth-order valence-corrected chi connectivity index (χ4v) is 3.71. The molecule has 0 atom stereocenters. The van der Waals surface area contributed by atoms with Gasteiger partial charge in [-0.15, -0.1) is 0 Å². The lowest BCUT2D eigenvalue weighted by Crippen LogP contribution is -2.04. The van der Waals surface area contributed by atoms with Gasteiger partial charge in [0, 0.05) is 29.1 Å². The molecule has 0 unspecified atom stereocenters. The molecule has 8 nitrogen and oxygen atoms in total. The van der Waals surface area contributed by atoms with Crippen LogP contribution in [0.3, 0.4) is 0 Å². The molecule has 0 aliphatic heterocycles. The van der Waals surface area contributed by atoms with Gasteiger partial charge in [-0.2, -0.15) is 4.98 Å². The third kappa shape index (κ3) is 4.84. The standard InChI is InChI=1S/C25H27N3O5/c1-4-30-20-12-10-16(14-21(20)31-5-2)25-27-24(28-33-25)19-9-7-8-18-17(15-26-23(18)19)11-13-22(29)32-6-3/h7-10,12,14-15,26H,4-6,11,13H2,1-3H3. The van der Waals surface area contributed by atoms with Crippen LogP contribution in [0.5, 0.6) is 11.5 Å². The normalized spacial score (nSPS) is 11.0. The number of fused-ring (bicyclic) bond motifs is 1. The van der Waals surface area contributed by atoms with Crippen molar-refractivity contribution >= 4 is 16.9 Å². The summed E-state index contributed by atoms with van der Waals surface area (Å²) in [6.07, 6.45) is 2.83. The highest BCUT2D eigenvalue weighted by Crippen LogP contribution is 2.34. The van der Waals surface area contributed by atoms with Crippen LogP contribution in [0.1, 0.15) is 32.8 Å². The second-order valence-corrected chi connectivity index (χ2v) is 7.30. The first-order chi connectivity index (χ1) is 16.1. The lowest BCUT2D eigenvalue weighted by atomic mass is 10.1. The van der Waals surface area contributed by atoms with Crippen molar-refractivity contribution in [1.82, 2.24) is 15.1 Å². The zero-order chi connectivity index (χ0) is 23.2. The van der Waals surface area contributed by atoms with Gasteiger partial charge in [0.15, 0.2) is 11.5 Å². The quantitative estimate of drug-likeness (QED) is 0.333. The molecule has 0 bridgehead atoms. The lowest BCUT2D eigenvalue weighted by Gasteiger charge is -2.11. The molecule has 4 aromatic rings. The van der Waals surface area contributed by atoms with Gasteiger partial charge in [0.25, 0.3) is 5.89 Å². The summed E-state index contributed by atoms with van der Waals surface area (Å²) in [6.45, 7) is 7.11. The fraction of sp³-hybridized carbons (Fsp3) is 0.320. The highest BCUT2D eigenvalue weighted by atomic mass is 16.5. The Labute approximate surface area is 191 Å². The van der Waals surface area contributed by atoms with Crippen molar-refractivity contribution in [3.05, 3.63) is 48.2 Å². The van der Waals surface area contributed by atoms with E-state index in [0.29, 0.717) is 55.9 Å². The van der Waals surface area contributed by atoms with Crippen LogP contribution in [0.4, 0.5) is 0 Å². The maximum absolute atomic E-state index is 11.7. The first-order valence-electron chi connectivity index (χ1n) is 11.1. The Hall–Kier alpha value is -3.81. The summed E-state index contributed by atoms with van der Waals surface area (Å²) in [4.78, 5) is 19.7. The van der Waals surface area contributed by atoms with Gasteiger partial charge < -0.3 is 23.7 Å². The molecule has 8 heteroatoms. The summed E-state index contributed by atoms with van der Waals surface area (Å²) in [7, 11) is 0. The minimum atomic E-state index is -0.201. The van der Waals surface area contributed by atoms with Crippen molar-refractivity contribution in [2.45, 2.75) is 33.6 Å². The molecule has 0 fully saturated rings. The maximum Gasteiger partial charge on any atom is 0.306 e. The molecular weight excluding hydrogens is 422 g/mol. The number of carbonyl (C=O) groups excluding carboxylic acids is 1. The predicted octanol–water partition coefficient (Wildman–Crippen LogP) is 5.18. The molecule has 2 heterocycles. The van der Waals surface area contributed by atoms with Crippen LogP contribution in [-0.4, -0.2) is 40.9 Å². The molecule has 0 radical (unpaired) electrons. The molecule has 2 aromatic carbocycles. The van der Waals surface area contributed by atoms with Crippen LogP contribution in [0, 0.1) is 0 Å². The number of carbonyl (C=O) groups is 1. The van der Waals surface area contributed by atoms with Gasteiger partial charge >= 0.3 is 5.97 Å². The number of hydrogen-bond donors (Lipinski definition) is 1. The van der Waals surface area contributed by atoms with Gasteiger partial charge in [-0.25, -0.2) is 0 Å². The van der Waals surface area contributed by atoms with Crippen molar-refractivity contribution in [1.29, 1.82) is 0 Å². The zero-order valence-corrected chi connectivity index (χ0v) is 19.0. The predicted molar refractivity (Wildman–Crippen MR) is 124 cm³/mol. The van der Waals surface area contributed by atoms with E-state index in [1.54, 1.807) is 6.92 Å². The minimum Gasteiger partial charge on any atom is -0.490 e. The van der Waals surface area contributed by atoms with Crippen LogP contribution in [0.15, 0.2) is 47.1 Å². The molecule has 1 N–H and O–H groups in total. The van der Waals surface area contributed by atoms with E-state index < -0.39 is 0 Å². The van der Waals surface area contributed by atoms with Crippen LogP contribution < -0.4 is 9.47 Å². The number of hydrogen-bond acceptors (Lipinski definition) is 7. The van der Waals surface area contributed by atoms with Crippen molar-refractivity contribution in [3.8, 4) is 34.3 Å². The number of para-hydroxylation sites is 1. The molecule has 0 aliphatic carbocycles. The van der Waals surface area contributed by atoms with Crippen LogP contribution >= 0.6 is 0 Å². The molecule has 2 aromatic heterocycles.